The van der Waals surface area contributed by atoms with Crippen molar-refractivity contribution in [2.45, 2.75) is 25.9 Å². The molecule has 10 heavy (non-hydrogen) atoms. The van der Waals surface area contributed by atoms with Crippen LogP contribution in [0.2, 0.25) is 0 Å². The summed E-state index contributed by atoms with van der Waals surface area (Å²) in [7, 11) is 3.80. The van der Waals surface area contributed by atoms with Crippen molar-refractivity contribution in [3.8, 4) is 0 Å². The molecule has 0 aliphatic carbocycles. The van der Waals surface area contributed by atoms with Crippen LogP contribution in [0.5, 0.6) is 0 Å². The van der Waals surface area contributed by atoms with E-state index in [1.54, 1.807) is 0 Å². The third kappa shape index (κ3) is 1.61. The molecular formula is C6H12N2S2. The average molecular weight is 176 g/mol. The summed E-state index contributed by atoms with van der Waals surface area (Å²) in [5.74, 6) is 0. The molecular weight excluding hydrogens is 164 g/mol. The van der Waals surface area contributed by atoms with Crippen LogP contribution in [0.1, 0.15) is 13.8 Å². The lowest BCUT2D eigenvalue weighted by molar-refractivity contribution is 0.844. The highest BCUT2D eigenvalue weighted by Gasteiger charge is 2.35. The Morgan fingerprint density at radius 3 is 1.50 bits per heavy atom. The van der Waals surface area contributed by atoms with Gasteiger partial charge in [0, 0.05) is 47.1 Å². The first-order chi connectivity index (χ1) is 4.77. The van der Waals surface area contributed by atoms with E-state index in [2.05, 4.69) is 22.5 Å². The molecule has 2 rings (SSSR count). The molecule has 0 spiro atoms. The van der Waals surface area contributed by atoms with Gasteiger partial charge in [-0.2, -0.15) is 0 Å². The van der Waals surface area contributed by atoms with Crippen molar-refractivity contribution in [2.75, 3.05) is 13.1 Å². The number of hydrogen-bond donors (Lipinski definition) is 0. The maximum Gasteiger partial charge on any atom is 0.0320 e. The highest BCUT2D eigenvalue weighted by atomic mass is 33.1. The Morgan fingerprint density at radius 2 is 1.30 bits per heavy atom. The third-order valence-electron chi connectivity index (χ3n) is 1.83. The highest BCUT2D eigenvalue weighted by Crippen LogP contribution is 2.42. The molecule has 2 heterocycles. The van der Waals surface area contributed by atoms with Crippen molar-refractivity contribution in [2.24, 2.45) is 0 Å². The molecule has 0 radical (unpaired) electrons. The second kappa shape index (κ2) is 2.59. The van der Waals surface area contributed by atoms with Gasteiger partial charge in [-0.1, -0.05) is 0 Å². The van der Waals surface area contributed by atoms with E-state index in [-0.39, 0.29) is 0 Å². The van der Waals surface area contributed by atoms with Crippen LogP contribution in [-0.4, -0.2) is 33.8 Å². The summed E-state index contributed by atoms with van der Waals surface area (Å²) >= 11 is 0. The third-order valence-corrected chi connectivity index (χ3v) is 4.65. The Labute approximate surface area is 70.0 Å². The number of nitrogens with zero attached hydrogens (tertiary/aromatic N) is 2. The van der Waals surface area contributed by atoms with Gasteiger partial charge in [-0.3, -0.25) is 0 Å². The van der Waals surface area contributed by atoms with Crippen LogP contribution in [0.15, 0.2) is 0 Å². The summed E-state index contributed by atoms with van der Waals surface area (Å²) in [5, 5.41) is 0. The molecule has 2 saturated heterocycles. The molecule has 4 heteroatoms. The van der Waals surface area contributed by atoms with Gasteiger partial charge < -0.3 is 0 Å². The fraction of sp³-hybridized carbons (Fsp3) is 1.00. The Balaban J connectivity index is 1.57. The van der Waals surface area contributed by atoms with Crippen molar-refractivity contribution in [3.05, 3.63) is 0 Å². The quantitative estimate of drug-likeness (QED) is 0.366. The van der Waals surface area contributed by atoms with E-state index < -0.39 is 0 Å². The van der Waals surface area contributed by atoms with E-state index >= 15 is 0 Å². The summed E-state index contributed by atoms with van der Waals surface area (Å²) in [6.45, 7) is 7.08. The minimum Gasteiger partial charge on any atom is -0.234 e. The second-order valence-corrected chi connectivity index (χ2v) is 5.18. The predicted molar refractivity (Wildman–Crippen MR) is 47.5 cm³/mol. The zero-order valence-electron chi connectivity index (χ0n) is 6.28. The van der Waals surface area contributed by atoms with Crippen LogP contribution in [0.25, 0.3) is 0 Å². The van der Waals surface area contributed by atoms with Crippen LogP contribution in [-0.2, 0) is 0 Å². The van der Waals surface area contributed by atoms with Crippen molar-refractivity contribution in [1.82, 2.24) is 8.61 Å². The summed E-state index contributed by atoms with van der Waals surface area (Å²) < 4.78 is 4.80. The Morgan fingerprint density at radius 1 is 1.00 bits per heavy atom. The van der Waals surface area contributed by atoms with E-state index in [1.807, 2.05) is 22.0 Å². The molecule has 4 atom stereocenters. The van der Waals surface area contributed by atoms with Gasteiger partial charge in [0.25, 0.3) is 0 Å². The SMILES string of the molecule is CC1CN1SSN1CC1C. The molecule has 0 amide bonds. The fourth-order valence-corrected chi connectivity index (χ4v) is 3.50. The van der Waals surface area contributed by atoms with Gasteiger partial charge in [0.2, 0.25) is 0 Å². The Kier molecular flexibility index (Phi) is 1.88. The van der Waals surface area contributed by atoms with Crippen molar-refractivity contribution >= 4 is 22.0 Å². The predicted octanol–water partition coefficient (Wildman–Crippen LogP) is 1.61. The van der Waals surface area contributed by atoms with Crippen LogP contribution < -0.4 is 0 Å². The van der Waals surface area contributed by atoms with Gasteiger partial charge in [-0.15, -0.1) is 0 Å². The normalized spacial score (nSPS) is 51.0. The molecule has 2 nitrogen and oxygen atoms in total. The summed E-state index contributed by atoms with van der Waals surface area (Å²) in [4.78, 5) is 0. The molecule has 0 N–H and O–H groups in total. The lowest BCUT2D eigenvalue weighted by atomic mass is 10.6. The molecule has 4 unspecified atom stereocenters. The van der Waals surface area contributed by atoms with Gasteiger partial charge in [0.1, 0.15) is 0 Å². The number of hydrogen-bond acceptors (Lipinski definition) is 4. The van der Waals surface area contributed by atoms with Crippen molar-refractivity contribution in [3.63, 3.8) is 0 Å². The van der Waals surface area contributed by atoms with E-state index in [1.165, 1.54) is 13.1 Å². The van der Waals surface area contributed by atoms with Crippen LogP contribution in [0.3, 0.4) is 0 Å². The monoisotopic (exact) mass is 176 g/mol. The first kappa shape index (κ1) is 7.28. The average Bonchev–Trinajstić information content (AvgIpc) is 2.71. The molecule has 0 bridgehead atoms. The Hall–Kier alpha value is 0.620. The van der Waals surface area contributed by atoms with E-state index in [9.17, 15) is 0 Å². The fourth-order valence-electron chi connectivity index (χ4n) is 0.720. The molecule has 2 aliphatic heterocycles. The van der Waals surface area contributed by atoms with Gasteiger partial charge >= 0.3 is 0 Å². The lowest BCUT2D eigenvalue weighted by Crippen LogP contribution is -1.86. The smallest absolute Gasteiger partial charge is 0.0320 e. The first-order valence-electron chi connectivity index (χ1n) is 3.65. The van der Waals surface area contributed by atoms with Crippen LogP contribution >= 0.6 is 22.0 Å². The highest BCUT2D eigenvalue weighted by molar-refractivity contribution is 8.75. The lowest BCUT2D eigenvalue weighted by Gasteiger charge is -1.99. The molecule has 0 aromatic rings. The summed E-state index contributed by atoms with van der Waals surface area (Å²) in [6.07, 6.45) is 0. The van der Waals surface area contributed by atoms with Gasteiger partial charge in [0.15, 0.2) is 0 Å². The maximum absolute atomic E-state index is 2.40. The molecule has 2 fully saturated rings. The molecule has 0 aromatic heterocycles. The van der Waals surface area contributed by atoms with Crippen molar-refractivity contribution < 1.29 is 0 Å². The first-order valence-corrected chi connectivity index (χ1v) is 5.72. The van der Waals surface area contributed by atoms with Crippen molar-refractivity contribution in [1.29, 1.82) is 0 Å². The van der Waals surface area contributed by atoms with Gasteiger partial charge in [0.05, 0.1) is 0 Å². The minimum absolute atomic E-state index is 0.827. The van der Waals surface area contributed by atoms with Gasteiger partial charge in [-0.25, -0.2) is 8.61 Å². The maximum atomic E-state index is 2.40. The molecule has 58 valence electrons. The summed E-state index contributed by atoms with van der Waals surface area (Å²) in [5.41, 5.74) is 0. The molecule has 0 aromatic carbocycles. The van der Waals surface area contributed by atoms with Crippen LogP contribution in [0, 0.1) is 0 Å². The largest absolute Gasteiger partial charge is 0.234 e. The van der Waals surface area contributed by atoms with Gasteiger partial charge in [-0.05, 0) is 13.8 Å². The van der Waals surface area contributed by atoms with E-state index in [0.717, 1.165) is 12.1 Å². The Bertz CT molecular complexity index is 126. The van der Waals surface area contributed by atoms with E-state index in [0.29, 0.717) is 0 Å². The second-order valence-electron chi connectivity index (χ2n) is 3.05. The zero-order chi connectivity index (χ0) is 7.14. The van der Waals surface area contributed by atoms with E-state index in [4.69, 9.17) is 0 Å². The minimum atomic E-state index is 0.827. The van der Waals surface area contributed by atoms with Crippen LogP contribution in [0.4, 0.5) is 0 Å². The topological polar surface area (TPSA) is 6.02 Å². The number of rotatable bonds is 3. The zero-order valence-corrected chi connectivity index (χ0v) is 7.91. The molecule has 2 aliphatic rings. The molecule has 0 saturated carbocycles. The standard InChI is InChI=1S/C6H12N2S2/c1-5-3-7(5)9-10-8-4-6(8)2/h5-6H,3-4H2,1-2H3. The summed E-state index contributed by atoms with van der Waals surface area (Å²) in [6, 6.07) is 1.65.